The van der Waals surface area contributed by atoms with E-state index < -0.39 is 0 Å². The van der Waals surface area contributed by atoms with Crippen LogP contribution in [0.25, 0.3) is 17.1 Å². The molecule has 0 aliphatic rings. The van der Waals surface area contributed by atoms with E-state index in [9.17, 15) is 9.18 Å². The molecule has 0 unspecified atom stereocenters. The van der Waals surface area contributed by atoms with Crippen LogP contribution in [0, 0.1) is 5.82 Å². The van der Waals surface area contributed by atoms with E-state index in [1.165, 1.54) is 36.0 Å². The van der Waals surface area contributed by atoms with E-state index in [-0.39, 0.29) is 17.4 Å². The second kappa shape index (κ2) is 8.19. The summed E-state index contributed by atoms with van der Waals surface area (Å²) >= 11 is 1.31. The van der Waals surface area contributed by atoms with Gasteiger partial charge >= 0.3 is 0 Å². The molecule has 0 saturated heterocycles. The number of hydrogen-bond acceptors (Lipinski definition) is 4. The van der Waals surface area contributed by atoms with Crippen LogP contribution in [0.4, 0.5) is 4.39 Å². The molecule has 4 aromatic rings. The number of rotatable bonds is 6. The molecule has 0 atom stereocenters. The van der Waals surface area contributed by atoms with Crippen molar-refractivity contribution in [2.45, 2.75) is 5.16 Å². The van der Waals surface area contributed by atoms with Crippen LogP contribution in [0.5, 0.6) is 0 Å². The van der Waals surface area contributed by atoms with E-state index in [4.69, 9.17) is 0 Å². The lowest BCUT2D eigenvalue weighted by molar-refractivity contribution is 0.102. The highest BCUT2D eigenvalue weighted by Crippen LogP contribution is 2.28. The second-order valence-corrected chi connectivity index (χ2v) is 7.00. The van der Waals surface area contributed by atoms with E-state index in [0.29, 0.717) is 16.5 Å². The van der Waals surface area contributed by atoms with Crippen molar-refractivity contribution >= 4 is 17.5 Å². The monoisotopic (exact) mass is 389 g/mol. The third-order valence-electron chi connectivity index (χ3n) is 4.18. The number of carbonyl (C=O) groups is 1. The van der Waals surface area contributed by atoms with Crippen LogP contribution in [-0.4, -0.2) is 26.3 Å². The van der Waals surface area contributed by atoms with Gasteiger partial charge in [0.2, 0.25) is 0 Å². The van der Waals surface area contributed by atoms with Crippen LogP contribution in [0.3, 0.4) is 0 Å². The molecule has 0 spiro atoms. The number of halogens is 1. The van der Waals surface area contributed by atoms with E-state index in [1.807, 2.05) is 65.2 Å². The van der Waals surface area contributed by atoms with Crippen LogP contribution in [0.1, 0.15) is 10.4 Å². The molecular weight excluding hydrogens is 373 g/mol. The number of aromatic nitrogens is 3. The van der Waals surface area contributed by atoms with Crippen LogP contribution < -0.4 is 0 Å². The number of Topliss-reactive ketones (excluding diaryl/α,β-unsaturated/α-hetero) is 1. The van der Waals surface area contributed by atoms with Gasteiger partial charge < -0.3 is 0 Å². The highest BCUT2D eigenvalue weighted by atomic mass is 32.2. The summed E-state index contributed by atoms with van der Waals surface area (Å²) < 4.78 is 15.0. The van der Waals surface area contributed by atoms with Crippen molar-refractivity contribution in [3.05, 3.63) is 96.3 Å². The lowest BCUT2D eigenvalue weighted by atomic mass is 10.1. The highest BCUT2D eigenvalue weighted by Gasteiger charge is 2.17. The van der Waals surface area contributed by atoms with Crippen LogP contribution in [0.15, 0.2) is 90.1 Å². The summed E-state index contributed by atoms with van der Waals surface area (Å²) in [7, 11) is 0. The maximum absolute atomic E-state index is 13.1. The number of benzene rings is 3. The van der Waals surface area contributed by atoms with Gasteiger partial charge in [0.25, 0.3) is 0 Å². The summed E-state index contributed by atoms with van der Waals surface area (Å²) in [6.45, 7) is 0. The molecule has 0 N–H and O–H groups in total. The molecule has 0 fully saturated rings. The standard InChI is InChI=1S/C22H16FN3OS/c23-18-13-11-16(12-14-18)20(27)15-28-22-25-24-21(17-7-3-1-4-8-17)26(22)19-9-5-2-6-10-19/h1-14H,15H2. The molecule has 0 amide bonds. The number of nitrogens with zero attached hydrogens (tertiary/aromatic N) is 3. The number of ketones is 1. The van der Waals surface area contributed by atoms with Crippen molar-refractivity contribution < 1.29 is 9.18 Å². The molecule has 0 saturated carbocycles. The van der Waals surface area contributed by atoms with Crippen molar-refractivity contribution in [2.24, 2.45) is 0 Å². The molecule has 6 heteroatoms. The van der Waals surface area contributed by atoms with Crippen molar-refractivity contribution in [1.29, 1.82) is 0 Å². The Kier molecular flexibility index (Phi) is 5.30. The fourth-order valence-corrected chi connectivity index (χ4v) is 3.64. The maximum atomic E-state index is 13.1. The summed E-state index contributed by atoms with van der Waals surface area (Å²) in [5, 5.41) is 9.29. The number of hydrogen-bond donors (Lipinski definition) is 0. The summed E-state index contributed by atoms with van der Waals surface area (Å²) in [5.41, 5.74) is 2.33. The Morgan fingerprint density at radius 1 is 0.857 bits per heavy atom. The number of thioether (sulfide) groups is 1. The van der Waals surface area contributed by atoms with Gasteiger partial charge in [-0.25, -0.2) is 4.39 Å². The maximum Gasteiger partial charge on any atom is 0.196 e. The Hall–Kier alpha value is -3.25. The highest BCUT2D eigenvalue weighted by molar-refractivity contribution is 7.99. The van der Waals surface area contributed by atoms with E-state index >= 15 is 0 Å². The zero-order chi connectivity index (χ0) is 19.3. The molecule has 1 heterocycles. The molecular formula is C22H16FN3OS. The molecule has 138 valence electrons. The van der Waals surface area contributed by atoms with Gasteiger partial charge in [0.1, 0.15) is 5.82 Å². The minimum atomic E-state index is -0.361. The summed E-state index contributed by atoms with van der Waals surface area (Å²) in [4.78, 5) is 12.5. The summed E-state index contributed by atoms with van der Waals surface area (Å²) in [6, 6.07) is 25.1. The Morgan fingerprint density at radius 2 is 1.50 bits per heavy atom. The average Bonchev–Trinajstić information content (AvgIpc) is 3.18. The number of para-hydroxylation sites is 1. The molecule has 3 aromatic carbocycles. The first-order valence-electron chi connectivity index (χ1n) is 8.70. The normalized spacial score (nSPS) is 10.8. The predicted octanol–water partition coefficient (Wildman–Crippen LogP) is 5.05. The van der Waals surface area contributed by atoms with Gasteiger partial charge in [0.05, 0.1) is 5.75 Å². The minimum absolute atomic E-state index is 0.0890. The predicted molar refractivity (Wildman–Crippen MR) is 108 cm³/mol. The molecule has 0 radical (unpaired) electrons. The van der Waals surface area contributed by atoms with E-state index in [0.717, 1.165) is 11.3 Å². The van der Waals surface area contributed by atoms with Crippen molar-refractivity contribution in [3.63, 3.8) is 0 Å². The van der Waals surface area contributed by atoms with Gasteiger partial charge in [-0.2, -0.15) is 0 Å². The summed E-state index contributed by atoms with van der Waals surface area (Å²) in [5.74, 6) is 0.448. The Balaban J connectivity index is 1.65. The van der Waals surface area contributed by atoms with Crippen LogP contribution in [-0.2, 0) is 0 Å². The third-order valence-corrected chi connectivity index (χ3v) is 5.11. The Labute approximate surface area is 166 Å². The topological polar surface area (TPSA) is 47.8 Å². The molecule has 0 aliphatic heterocycles. The van der Waals surface area contributed by atoms with Gasteiger partial charge in [0, 0.05) is 16.8 Å². The van der Waals surface area contributed by atoms with Crippen LogP contribution in [0.2, 0.25) is 0 Å². The molecule has 4 nitrogen and oxygen atoms in total. The lowest BCUT2D eigenvalue weighted by Crippen LogP contribution is -2.05. The van der Waals surface area contributed by atoms with Gasteiger partial charge in [-0.3, -0.25) is 9.36 Å². The van der Waals surface area contributed by atoms with E-state index in [1.54, 1.807) is 0 Å². The number of carbonyl (C=O) groups excluding carboxylic acids is 1. The lowest BCUT2D eigenvalue weighted by Gasteiger charge is -2.10. The van der Waals surface area contributed by atoms with Gasteiger partial charge in [-0.15, -0.1) is 10.2 Å². The quantitative estimate of drug-likeness (QED) is 0.342. The van der Waals surface area contributed by atoms with Crippen LogP contribution >= 0.6 is 11.8 Å². The van der Waals surface area contributed by atoms with Crippen molar-refractivity contribution in [3.8, 4) is 17.1 Å². The first-order chi connectivity index (χ1) is 13.7. The first kappa shape index (κ1) is 18.1. The fraction of sp³-hybridized carbons (Fsp3) is 0.0455. The molecule has 28 heavy (non-hydrogen) atoms. The van der Waals surface area contributed by atoms with Crippen molar-refractivity contribution in [2.75, 3.05) is 5.75 Å². The van der Waals surface area contributed by atoms with Crippen molar-refractivity contribution in [1.82, 2.24) is 14.8 Å². The van der Waals surface area contributed by atoms with Gasteiger partial charge in [-0.1, -0.05) is 60.3 Å². The average molecular weight is 389 g/mol. The summed E-state index contributed by atoms with van der Waals surface area (Å²) in [6.07, 6.45) is 0. The largest absolute Gasteiger partial charge is 0.293 e. The van der Waals surface area contributed by atoms with Gasteiger partial charge in [-0.05, 0) is 36.4 Å². The first-order valence-corrected chi connectivity index (χ1v) is 9.69. The molecule has 0 aliphatic carbocycles. The fourth-order valence-electron chi connectivity index (χ4n) is 2.80. The van der Waals surface area contributed by atoms with Gasteiger partial charge in [0.15, 0.2) is 16.8 Å². The zero-order valence-electron chi connectivity index (χ0n) is 14.8. The molecule has 1 aromatic heterocycles. The Morgan fingerprint density at radius 3 is 2.18 bits per heavy atom. The minimum Gasteiger partial charge on any atom is -0.293 e. The Bertz CT molecular complexity index is 1080. The smallest absolute Gasteiger partial charge is 0.196 e. The zero-order valence-corrected chi connectivity index (χ0v) is 15.6. The molecule has 0 bridgehead atoms. The molecule has 4 rings (SSSR count). The van der Waals surface area contributed by atoms with E-state index in [2.05, 4.69) is 10.2 Å². The third kappa shape index (κ3) is 3.87. The second-order valence-electron chi connectivity index (χ2n) is 6.06. The SMILES string of the molecule is O=C(CSc1nnc(-c2ccccc2)n1-c1ccccc1)c1ccc(F)cc1.